The third-order valence-electron chi connectivity index (χ3n) is 2.58. The molecule has 0 atom stereocenters. The Morgan fingerprint density at radius 3 is 2.71 bits per heavy atom. The van der Waals surface area contributed by atoms with Gasteiger partial charge in [0.05, 0.1) is 6.20 Å². The van der Waals surface area contributed by atoms with E-state index in [0.29, 0.717) is 19.5 Å². The molecule has 0 amide bonds. The Bertz CT molecular complexity index is 568. The summed E-state index contributed by atoms with van der Waals surface area (Å²) in [5, 5.41) is 12.8. The highest BCUT2D eigenvalue weighted by atomic mass is 19.4. The molecule has 0 radical (unpaired) electrons. The van der Waals surface area contributed by atoms with E-state index in [1.54, 1.807) is 17.1 Å². The average Bonchev–Trinajstić information content (AvgIpc) is 2.95. The van der Waals surface area contributed by atoms with E-state index < -0.39 is 11.9 Å². The summed E-state index contributed by atoms with van der Waals surface area (Å²) in [5.74, 6) is 0.0452. The van der Waals surface area contributed by atoms with Gasteiger partial charge in [0.2, 0.25) is 5.95 Å². The van der Waals surface area contributed by atoms with Gasteiger partial charge in [-0.2, -0.15) is 18.2 Å². The van der Waals surface area contributed by atoms with E-state index in [9.17, 15) is 13.2 Å². The summed E-state index contributed by atoms with van der Waals surface area (Å²) in [7, 11) is 1.46. The van der Waals surface area contributed by atoms with Gasteiger partial charge in [-0.3, -0.25) is 4.68 Å². The predicted octanol–water partition coefficient (Wildman–Crippen LogP) is 1.63. The largest absolute Gasteiger partial charge is 0.433 e. The minimum Gasteiger partial charge on any atom is -0.370 e. The molecule has 0 unspecified atom stereocenters. The quantitative estimate of drug-likeness (QED) is 0.789. The molecule has 0 aromatic carbocycles. The fourth-order valence-electron chi connectivity index (χ4n) is 1.60. The Hall–Kier alpha value is -2.39. The molecule has 21 heavy (non-hydrogen) atoms. The number of nitrogens with one attached hydrogen (secondary N) is 2. The highest BCUT2D eigenvalue weighted by Crippen LogP contribution is 2.29. The molecule has 0 aliphatic carbocycles. The van der Waals surface area contributed by atoms with Crippen LogP contribution in [0.4, 0.5) is 24.9 Å². The Balaban J connectivity index is 1.95. The van der Waals surface area contributed by atoms with Gasteiger partial charge in [-0.1, -0.05) is 5.21 Å². The first-order chi connectivity index (χ1) is 9.99. The van der Waals surface area contributed by atoms with Gasteiger partial charge < -0.3 is 10.6 Å². The van der Waals surface area contributed by atoms with Crippen molar-refractivity contribution < 1.29 is 13.2 Å². The van der Waals surface area contributed by atoms with E-state index in [-0.39, 0.29) is 11.8 Å². The van der Waals surface area contributed by atoms with Crippen LogP contribution in [0, 0.1) is 0 Å². The number of hydrogen-bond acceptors (Lipinski definition) is 6. The number of halogens is 3. The van der Waals surface area contributed by atoms with Crippen LogP contribution in [0.2, 0.25) is 0 Å². The van der Waals surface area contributed by atoms with Crippen molar-refractivity contribution in [3.05, 3.63) is 24.2 Å². The van der Waals surface area contributed by atoms with Crippen LogP contribution in [0.15, 0.2) is 18.5 Å². The van der Waals surface area contributed by atoms with Crippen LogP contribution in [0.5, 0.6) is 0 Å². The second-order valence-corrected chi connectivity index (χ2v) is 4.16. The number of anilines is 2. The summed E-state index contributed by atoms with van der Waals surface area (Å²) in [4.78, 5) is 7.31. The third kappa shape index (κ3) is 4.29. The van der Waals surface area contributed by atoms with Crippen LogP contribution in [-0.4, -0.2) is 38.6 Å². The fraction of sp³-hybridized carbons (Fsp3) is 0.455. The van der Waals surface area contributed by atoms with Gasteiger partial charge in [0.1, 0.15) is 5.82 Å². The number of hydrogen-bond donors (Lipinski definition) is 2. The van der Waals surface area contributed by atoms with Crippen molar-refractivity contribution in [3.8, 4) is 0 Å². The molecule has 2 aromatic heterocycles. The topological polar surface area (TPSA) is 80.5 Å². The van der Waals surface area contributed by atoms with Crippen LogP contribution in [0.25, 0.3) is 0 Å². The molecule has 2 rings (SSSR count). The average molecular weight is 301 g/mol. The van der Waals surface area contributed by atoms with Crippen LogP contribution >= 0.6 is 0 Å². The first-order valence-corrected chi connectivity index (χ1v) is 6.21. The lowest BCUT2D eigenvalue weighted by molar-refractivity contribution is -0.141. The number of aryl methyl sites for hydroxylation is 1. The molecule has 0 aliphatic heterocycles. The Labute approximate surface area is 118 Å². The van der Waals surface area contributed by atoms with E-state index in [4.69, 9.17) is 0 Å². The molecule has 0 saturated carbocycles. The highest BCUT2D eigenvalue weighted by molar-refractivity contribution is 5.42. The fourth-order valence-corrected chi connectivity index (χ4v) is 1.60. The van der Waals surface area contributed by atoms with Gasteiger partial charge in [-0.15, -0.1) is 5.10 Å². The lowest BCUT2D eigenvalue weighted by atomic mass is 10.3. The third-order valence-corrected chi connectivity index (χ3v) is 2.58. The summed E-state index contributed by atoms with van der Waals surface area (Å²) >= 11 is 0. The molecule has 0 spiro atoms. The second kappa shape index (κ2) is 6.37. The van der Waals surface area contributed by atoms with Gasteiger partial charge in [-0.25, -0.2) is 4.98 Å². The van der Waals surface area contributed by atoms with Crippen molar-refractivity contribution in [1.29, 1.82) is 0 Å². The first kappa shape index (κ1) is 15.0. The molecule has 10 heteroatoms. The van der Waals surface area contributed by atoms with Crippen molar-refractivity contribution in [3.63, 3.8) is 0 Å². The molecule has 7 nitrogen and oxygen atoms in total. The summed E-state index contributed by atoms with van der Waals surface area (Å²) < 4.78 is 39.7. The minimum atomic E-state index is -4.51. The van der Waals surface area contributed by atoms with Crippen molar-refractivity contribution in [2.45, 2.75) is 19.1 Å². The number of alkyl halides is 3. The van der Waals surface area contributed by atoms with Crippen molar-refractivity contribution >= 4 is 11.8 Å². The van der Waals surface area contributed by atoms with Gasteiger partial charge in [-0.05, 0) is 6.42 Å². The molecular weight excluding hydrogens is 287 g/mol. The zero-order valence-corrected chi connectivity index (χ0v) is 11.2. The molecule has 2 heterocycles. The minimum absolute atomic E-state index is 0.0800. The Morgan fingerprint density at radius 1 is 1.29 bits per heavy atom. The molecule has 0 aliphatic rings. The highest BCUT2D eigenvalue weighted by Gasteiger charge is 2.33. The summed E-state index contributed by atoms with van der Waals surface area (Å²) in [6.07, 6.45) is -0.562. The smallest absolute Gasteiger partial charge is 0.370 e. The monoisotopic (exact) mass is 301 g/mol. The Morgan fingerprint density at radius 2 is 2.10 bits per heavy atom. The summed E-state index contributed by atoms with van der Waals surface area (Å²) in [5.41, 5.74) is -0.986. The van der Waals surface area contributed by atoms with E-state index >= 15 is 0 Å². The first-order valence-electron chi connectivity index (χ1n) is 6.21. The molecule has 2 aromatic rings. The lowest BCUT2D eigenvalue weighted by Gasteiger charge is -2.11. The molecular formula is C11H14F3N7. The standard InChI is InChI=1S/C11H14F3N7/c1-15-10-18-8(11(12,13)14)7-9(19-10)16-3-2-5-21-6-4-17-20-21/h4,6-7H,2-3,5H2,1H3,(H2,15,16,18,19). The zero-order chi connectivity index (χ0) is 15.3. The van der Waals surface area contributed by atoms with Gasteiger partial charge in [0, 0.05) is 32.4 Å². The molecule has 0 bridgehead atoms. The summed E-state index contributed by atoms with van der Waals surface area (Å²) in [6.45, 7) is 1.07. The summed E-state index contributed by atoms with van der Waals surface area (Å²) in [6, 6.07) is 0.885. The van der Waals surface area contributed by atoms with Gasteiger partial charge >= 0.3 is 6.18 Å². The SMILES string of the molecule is CNc1nc(NCCCn2ccnn2)cc(C(F)(F)F)n1. The van der Waals surface area contributed by atoms with Crippen molar-refractivity contribution in [1.82, 2.24) is 25.0 Å². The van der Waals surface area contributed by atoms with E-state index in [1.165, 1.54) is 7.05 Å². The molecule has 0 saturated heterocycles. The van der Waals surface area contributed by atoms with Crippen LogP contribution in [0.3, 0.4) is 0 Å². The number of nitrogens with zero attached hydrogens (tertiary/aromatic N) is 5. The van der Waals surface area contributed by atoms with Gasteiger partial charge in [0.25, 0.3) is 0 Å². The molecule has 2 N–H and O–H groups in total. The van der Waals surface area contributed by atoms with Crippen LogP contribution in [-0.2, 0) is 12.7 Å². The van der Waals surface area contributed by atoms with Crippen molar-refractivity contribution in [2.24, 2.45) is 0 Å². The van der Waals surface area contributed by atoms with Crippen LogP contribution in [0.1, 0.15) is 12.1 Å². The normalized spacial score (nSPS) is 11.4. The number of rotatable bonds is 6. The lowest BCUT2D eigenvalue weighted by Crippen LogP contribution is -2.14. The predicted molar refractivity (Wildman–Crippen MR) is 69.7 cm³/mol. The second-order valence-electron chi connectivity index (χ2n) is 4.16. The zero-order valence-electron chi connectivity index (χ0n) is 11.2. The van der Waals surface area contributed by atoms with Crippen molar-refractivity contribution in [2.75, 3.05) is 24.2 Å². The maximum Gasteiger partial charge on any atom is 0.433 e. The van der Waals surface area contributed by atoms with Gasteiger partial charge in [0.15, 0.2) is 5.69 Å². The van der Waals surface area contributed by atoms with Crippen LogP contribution < -0.4 is 10.6 Å². The maximum absolute atomic E-state index is 12.7. The van der Waals surface area contributed by atoms with E-state index in [1.807, 2.05) is 0 Å². The Kier molecular flexibility index (Phi) is 4.55. The molecule has 0 fully saturated rings. The molecule has 114 valence electrons. The number of aromatic nitrogens is 5. The maximum atomic E-state index is 12.7. The van der Waals surface area contributed by atoms with E-state index in [2.05, 4.69) is 30.9 Å². The van der Waals surface area contributed by atoms with E-state index in [0.717, 1.165) is 6.07 Å².